The molecule has 0 saturated heterocycles. The molecule has 1 unspecified atom stereocenters. The number of thiazole rings is 1. The molecule has 0 spiro atoms. The van der Waals surface area contributed by atoms with E-state index in [1.807, 2.05) is 0 Å². The molecule has 102 valence electrons. The summed E-state index contributed by atoms with van der Waals surface area (Å²) in [6.45, 7) is 0. The van der Waals surface area contributed by atoms with Gasteiger partial charge < -0.3 is 10.2 Å². The highest BCUT2D eigenvalue weighted by Crippen LogP contribution is 2.40. The number of anilines is 2. The minimum atomic E-state index is -1.36. The number of hydrogen-bond donors (Lipinski definition) is 2. The Balaban J connectivity index is 2.27. The summed E-state index contributed by atoms with van der Waals surface area (Å²) in [5.41, 5.74) is 0.175. The second kappa shape index (κ2) is 4.86. The van der Waals surface area contributed by atoms with Gasteiger partial charge in [-0.2, -0.15) is 0 Å². The monoisotopic (exact) mass is 309 g/mol. The Morgan fingerprint density at radius 3 is 2.90 bits per heavy atom. The number of aliphatic hydroxyl groups is 2. The number of aromatic nitrogens is 2. The van der Waals surface area contributed by atoms with Gasteiger partial charge in [-0.25, -0.2) is 9.97 Å². The molecular formula is C12H8ClN3O3S. The number of pyridine rings is 1. The van der Waals surface area contributed by atoms with Gasteiger partial charge in [0, 0.05) is 11.6 Å². The number of carbonyl (C=O) groups excluding carboxylic acids is 1. The molecule has 0 radical (unpaired) electrons. The van der Waals surface area contributed by atoms with Gasteiger partial charge in [-0.1, -0.05) is 11.6 Å². The van der Waals surface area contributed by atoms with Crippen LogP contribution < -0.4 is 4.90 Å². The molecule has 1 aliphatic heterocycles. The summed E-state index contributed by atoms with van der Waals surface area (Å²) in [6, 6.07) is 3.03. The lowest BCUT2D eigenvalue weighted by Gasteiger charge is -2.32. The van der Waals surface area contributed by atoms with Gasteiger partial charge in [-0.05, 0) is 12.1 Å². The standard InChI is InChI=1S/C12H8ClN3O3S/c13-8-2-1-6-9(18)7(5-17)11(19)16(10(6)15-8)12-14-3-4-20-12/h1-5,11,18-19H. The van der Waals surface area contributed by atoms with Crippen LogP contribution in [0.3, 0.4) is 0 Å². The van der Waals surface area contributed by atoms with Gasteiger partial charge in [0.2, 0.25) is 0 Å². The molecule has 0 aromatic carbocycles. The molecule has 3 heterocycles. The lowest BCUT2D eigenvalue weighted by molar-refractivity contribution is -0.105. The van der Waals surface area contributed by atoms with E-state index < -0.39 is 6.23 Å². The third-order valence-corrected chi connectivity index (χ3v) is 3.85. The molecule has 0 aliphatic carbocycles. The summed E-state index contributed by atoms with van der Waals surface area (Å²) in [4.78, 5) is 20.7. The Morgan fingerprint density at radius 2 is 2.25 bits per heavy atom. The highest BCUT2D eigenvalue weighted by Gasteiger charge is 2.35. The van der Waals surface area contributed by atoms with Crippen molar-refractivity contribution in [3.05, 3.63) is 40.0 Å². The van der Waals surface area contributed by atoms with Gasteiger partial charge >= 0.3 is 0 Å². The quantitative estimate of drug-likeness (QED) is 0.653. The van der Waals surface area contributed by atoms with E-state index in [4.69, 9.17) is 11.6 Å². The van der Waals surface area contributed by atoms with Crippen molar-refractivity contribution in [2.24, 2.45) is 0 Å². The van der Waals surface area contributed by atoms with Crippen LogP contribution in [-0.2, 0) is 4.79 Å². The Bertz CT molecular complexity index is 702. The first-order valence-corrected chi connectivity index (χ1v) is 6.81. The fraction of sp³-hybridized carbons (Fsp3) is 0.0833. The summed E-state index contributed by atoms with van der Waals surface area (Å²) in [6.07, 6.45) is 0.616. The Labute approximate surface area is 122 Å². The number of aliphatic hydroxyl groups excluding tert-OH is 2. The van der Waals surface area contributed by atoms with Crippen LogP contribution in [0.5, 0.6) is 0 Å². The van der Waals surface area contributed by atoms with E-state index in [1.165, 1.54) is 28.4 Å². The number of nitrogens with zero attached hydrogens (tertiary/aromatic N) is 3. The highest BCUT2D eigenvalue weighted by molar-refractivity contribution is 7.13. The third kappa shape index (κ3) is 1.87. The van der Waals surface area contributed by atoms with Gasteiger partial charge in [0.15, 0.2) is 17.6 Å². The van der Waals surface area contributed by atoms with Crippen LogP contribution in [0, 0.1) is 0 Å². The second-order valence-corrected chi connectivity index (χ2v) is 5.25. The summed E-state index contributed by atoms with van der Waals surface area (Å²) >= 11 is 7.13. The van der Waals surface area contributed by atoms with Crippen LogP contribution in [0.1, 0.15) is 5.56 Å². The molecule has 2 aromatic rings. The fourth-order valence-corrected chi connectivity index (χ4v) is 2.78. The summed E-state index contributed by atoms with van der Waals surface area (Å²) in [5.74, 6) is -0.0532. The lowest BCUT2D eigenvalue weighted by Crippen LogP contribution is -2.37. The van der Waals surface area contributed by atoms with Gasteiger partial charge in [0.25, 0.3) is 0 Å². The molecule has 1 atom stereocenters. The number of fused-ring (bicyclic) bond motifs is 1. The fourth-order valence-electron chi connectivity index (χ4n) is 1.97. The number of carbonyl (C=O) groups is 1. The van der Waals surface area contributed by atoms with Gasteiger partial charge in [-0.3, -0.25) is 9.69 Å². The molecule has 0 saturated carbocycles. The molecule has 0 fully saturated rings. The number of aldehydes is 1. The van der Waals surface area contributed by atoms with E-state index in [2.05, 4.69) is 9.97 Å². The number of halogens is 1. The van der Waals surface area contributed by atoms with E-state index in [1.54, 1.807) is 11.6 Å². The molecular weight excluding hydrogens is 302 g/mol. The first-order chi connectivity index (χ1) is 9.63. The molecule has 0 bridgehead atoms. The van der Waals surface area contributed by atoms with Gasteiger partial charge in [0.1, 0.15) is 16.7 Å². The molecule has 6 nitrogen and oxygen atoms in total. The first-order valence-electron chi connectivity index (χ1n) is 5.55. The zero-order valence-electron chi connectivity index (χ0n) is 9.89. The Hall–Kier alpha value is -1.96. The third-order valence-electron chi connectivity index (χ3n) is 2.87. The highest BCUT2D eigenvalue weighted by atomic mass is 35.5. The van der Waals surface area contributed by atoms with Crippen molar-refractivity contribution in [3.8, 4) is 0 Å². The van der Waals surface area contributed by atoms with E-state index in [0.717, 1.165) is 0 Å². The SMILES string of the molecule is O=CC1=C(O)c2ccc(Cl)nc2N(c2nccs2)C1O. The van der Waals surface area contributed by atoms with Crippen LogP contribution in [0.4, 0.5) is 10.9 Å². The topological polar surface area (TPSA) is 86.5 Å². The van der Waals surface area contributed by atoms with Crippen LogP contribution in [0.2, 0.25) is 5.15 Å². The maximum Gasteiger partial charge on any atom is 0.193 e. The maximum atomic E-state index is 11.1. The minimum Gasteiger partial charge on any atom is -0.507 e. The van der Waals surface area contributed by atoms with Crippen molar-refractivity contribution in [2.75, 3.05) is 4.90 Å². The van der Waals surface area contributed by atoms with Crippen LogP contribution in [0.25, 0.3) is 5.76 Å². The zero-order chi connectivity index (χ0) is 14.3. The minimum absolute atomic E-state index is 0.142. The van der Waals surface area contributed by atoms with E-state index in [0.29, 0.717) is 17.0 Å². The average Bonchev–Trinajstić information content (AvgIpc) is 2.93. The van der Waals surface area contributed by atoms with Crippen molar-refractivity contribution in [3.63, 3.8) is 0 Å². The van der Waals surface area contributed by atoms with Crippen molar-refractivity contribution < 1.29 is 15.0 Å². The molecule has 2 N–H and O–H groups in total. The number of rotatable bonds is 2. The van der Waals surface area contributed by atoms with Crippen molar-refractivity contribution in [1.82, 2.24) is 9.97 Å². The van der Waals surface area contributed by atoms with Gasteiger partial charge in [-0.15, -0.1) is 11.3 Å². The molecule has 1 aliphatic rings. The molecule has 0 amide bonds. The normalized spacial score (nSPS) is 18.1. The second-order valence-electron chi connectivity index (χ2n) is 3.99. The number of hydrogen-bond acceptors (Lipinski definition) is 7. The molecule has 3 rings (SSSR count). The summed E-state index contributed by atoms with van der Waals surface area (Å²) < 4.78 is 0. The maximum absolute atomic E-state index is 11.1. The van der Waals surface area contributed by atoms with Crippen molar-refractivity contribution >= 4 is 45.9 Å². The van der Waals surface area contributed by atoms with E-state index in [-0.39, 0.29) is 22.3 Å². The van der Waals surface area contributed by atoms with Crippen LogP contribution >= 0.6 is 22.9 Å². The van der Waals surface area contributed by atoms with Crippen molar-refractivity contribution in [1.29, 1.82) is 0 Å². The lowest BCUT2D eigenvalue weighted by atomic mass is 10.0. The summed E-state index contributed by atoms with van der Waals surface area (Å²) in [7, 11) is 0. The largest absolute Gasteiger partial charge is 0.507 e. The first kappa shape index (κ1) is 13.0. The summed E-state index contributed by atoms with van der Waals surface area (Å²) in [5, 5.41) is 22.7. The molecule has 2 aromatic heterocycles. The Kier molecular flexibility index (Phi) is 3.17. The zero-order valence-corrected chi connectivity index (χ0v) is 11.5. The predicted molar refractivity (Wildman–Crippen MR) is 75.1 cm³/mol. The van der Waals surface area contributed by atoms with E-state index in [9.17, 15) is 15.0 Å². The van der Waals surface area contributed by atoms with Gasteiger partial charge in [0.05, 0.1) is 11.1 Å². The molecule has 8 heteroatoms. The van der Waals surface area contributed by atoms with Crippen LogP contribution in [-0.4, -0.2) is 32.7 Å². The Morgan fingerprint density at radius 1 is 1.45 bits per heavy atom. The molecule has 20 heavy (non-hydrogen) atoms. The smallest absolute Gasteiger partial charge is 0.193 e. The predicted octanol–water partition coefficient (Wildman–Crippen LogP) is 2.13. The van der Waals surface area contributed by atoms with Crippen molar-refractivity contribution in [2.45, 2.75) is 6.23 Å². The van der Waals surface area contributed by atoms with Crippen LogP contribution in [0.15, 0.2) is 29.3 Å². The average molecular weight is 310 g/mol. The van der Waals surface area contributed by atoms with E-state index >= 15 is 0 Å².